The van der Waals surface area contributed by atoms with E-state index in [4.69, 9.17) is 5.26 Å². The van der Waals surface area contributed by atoms with Crippen LogP contribution in [0.15, 0.2) is 24.3 Å². The first-order valence-electron chi connectivity index (χ1n) is 6.14. The Bertz CT molecular complexity index is 536. The second-order valence-corrected chi connectivity index (χ2v) is 6.69. The smallest absolute Gasteiger partial charge is 0.308 e. The van der Waals surface area contributed by atoms with Crippen molar-refractivity contribution in [3.63, 3.8) is 0 Å². The van der Waals surface area contributed by atoms with Crippen molar-refractivity contribution in [1.29, 1.82) is 5.26 Å². The Morgan fingerprint density at radius 2 is 2.32 bits per heavy atom. The first-order chi connectivity index (χ1) is 8.94. The molecule has 1 aromatic carbocycles. The van der Waals surface area contributed by atoms with Gasteiger partial charge in [-0.25, -0.2) is 4.79 Å². The van der Waals surface area contributed by atoms with Crippen molar-refractivity contribution < 1.29 is 4.79 Å². The molecule has 1 heterocycles. The molecule has 5 heteroatoms. The van der Waals surface area contributed by atoms with E-state index in [2.05, 4.69) is 11.4 Å². The molecule has 2 amide bonds. The second-order valence-electron chi connectivity index (χ2n) is 5.07. The number of anilines is 1. The number of urea groups is 1. The lowest BCUT2D eigenvalue weighted by atomic mass is 10.2. The molecule has 0 aliphatic carbocycles. The predicted octanol–water partition coefficient (Wildman–Crippen LogP) is 3.20. The number of hydrogen-bond acceptors (Lipinski definition) is 3. The number of rotatable bonds is 1. The minimum Gasteiger partial charge on any atom is -0.308 e. The van der Waals surface area contributed by atoms with Gasteiger partial charge in [0.05, 0.1) is 10.9 Å². The number of nitriles is 1. The summed E-state index contributed by atoms with van der Waals surface area (Å²) in [6.45, 7) is 5.90. The summed E-state index contributed by atoms with van der Waals surface area (Å²) < 4.78 is 0. The molecule has 2 rings (SSSR count). The predicted molar refractivity (Wildman–Crippen MR) is 78.0 cm³/mol. The molecule has 1 aliphatic heterocycles. The highest BCUT2D eigenvalue weighted by Crippen LogP contribution is 2.38. The molecule has 1 saturated heterocycles. The number of nitrogens with one attached hydrogen (secondary N) is 1. The third-order valence-corrected chi connectivity index (χ3v) is 4.51. The van der Waals surface area contributed by atoms with Gasteiger partial charge in [-0.3, -0.25) is 4.90 Å². The lowest BCUT2D eigenvalue weighted by molar-refractivity contribution is 0.185. The normalized spacial score (nSPS) is 20.9. The molecular weight excluding hydrogens is 258 g/mol. The Hall–Kier alpha value is -1.67. The summed E-state index contributed by atoms with van der Waals surface area (Å²) >= 11 is 1.62. The minimum atomic E-state index is -0.371. The monoisotopic (exact) mass is 275 g/mol. The molecule has 100 valence electrons. The molecule has 0 radical (unpaired) electrons. The first-order valence-corrected chi connectivity index (χ1v) is 7.13. The Balaban J connectivity index is 2.17. The quantitative estimate of drug-likeness (QED) is 0.856. The maximum atomic E-state index is 12.4. The highest BCUT2D eigenvalue weighted by atomic mass is 32.2. The van der Waals surface area contributed by atoms with Crippen molar-refractivity contribution in [2.75, 3.05) is 11.1 Å². The van der Waals surface area contributed by atoms with E-state index in [9.17, 15) is 4.79 Å². The molecule has 0 spiro atoms. The number of carbonyl (C=O) groups excluding carboxylic acids is 1. The van der Waals surface area contributed by atoms with Gasteiger partial charge in [0.1, 0.15) is 6.04 Å². The van der Waals surface area contributed by atoms with Gasteiger partial charge in [-0.1, -0.05) is 12.1 Å². The molecule has 1 atom stereocenters. The zero-order valence-corrected chi connectivity index (χ0v) is 12.1. The summed E-state index contributed by atoms with van der Waals surface area (Å²) in [5, 5.41) is 12.0. The van der Waals surface area contributed by atoms with Crippen molar-refractivity contribution in [3.05, 3.63) is 29.8 Å². The SMILES string of the molecule is Cc1cccc(NC(=O)N2C(C#N)CSC2(C)C)c1. The third kappa shape index (κ3) is 2.85. The molecule has 0 bridgehead atoms. The molecule has 1 aromatic rings. The zero-order valence-electron chi connectivity index (χ0n) is 11.3. The number of hydrogen-bond donors (Lipinski definition) is 1. The van der Waals surface area contributed by atoms with Crippen LogP contribution >= 0.6 is 11.8 Å². The van der Waals surface area contributed by atoms with Gasteiger partial charge in [-0.05, 0) is 38.5 Å². The fraction of sp³-hybridized carbons (Fsp3) is 0.429. The summed E-state index contributed by atoms with van der Waals surface area (Å²) in [6.07, 6.45) is 0. The van der Waals surface area contributed by atoms with E-state index in [-0.39, 0.29) is 16.9 Å². The number of thioether (sulfide) groups is 1. The van der Waals surface area contributed by atoms with Crippen LogP contribution in [0.2, 0.25) is 0 Å². The molecule has 1 aliphatic rings. The Morgan fingerprint density at radius 1 is 1.58 bits per heavy atom. The lowest BCUT2D eigenvalue weighted by Gasteiger charge is -2.32. The molecule has 4 nitrogen and oxygen atoms in total. The lowest BCUT2D eigenvalue weighted by Crippen LogP contribution is -2.48. The van der Waals surface area contributed by atoms with Crippen LogP contribution in [0, 0.1) is 18.3 Å². The summed E-state index contributed by atoms with van der Waals surface area (Å²) in [7, 11) is 0. The minimum absolute atomic E-state index is 0.216. The Kier molecular flexibility index (Phi) is 3.72. The Labute approximate surface area is 117 Å². The molecular formula is C14H17N3OS. The van der Waals surface area contributed by atoms with Crippen LogP contribution in [0.1, 0.15) is 19.4 Å². The van der Waals surface area contributed by atoms with Gasteiger partial charge < -0.3 is 5.32 Å². The fourth-order valence-corrected chi connectivity index (χ4v) is 3.33. The van der Waals surface area contributed by atoms with Crippen LogP contribution < -0.4 is 5.32 Å². The van der Waals surface area contributed by atoms with Crippen molar-refractivity contribution in [2.24, 2.45) is 0 Å². The topological polar surface area (TPSA) is 56.1 Å². The maximum Gasteiger partial charge on any atom is 0.324 e. The number of amides is 2. The number of carbonyl (C=O) groups is 1. The average molecular weight is 275 g/mol. The highest BCUT2D eigenvalue weighted by molar-refractivity contribution is 8.00. The van der Waals surface area contributed by atoms with Gasteiger partial charge in [0.25, 0.3) is 0 Å². The third-order valence-electron chi connectivity index (χ3n) is 3.12. The largest absolute Gasteiger partial charge is 0.324 e. The molecule has 0 saturated carbocycles. The Morgan fingerprint density at radius 3 is 2.95 bits per heavy atom. The number of aryl methyl sites for hydroxylation is 1. The van der Waals surface area contributed by atoms with Crippen molar-refractivity contribution in [3.8, 4) is 6.07 Å². The van der Waals surface area contributed by atoms with E-state index in [0.29, 0.717) is 5.75 Å². The summed E-state index contributed by atoms with van der Waals surface area (Å²) in [5.74, 6) is 0.657. The van der Waals surface area contributed by atoms with Crippen LogP contribution in [0.25, 0.3) is 0 Å². The van der Waals surface area contributed by atoms with E-state index < -0.39 is 0 Å². The van der Waals surface area contributed by atoms with E-state index in [0.717, 1.165) is 11.3 Å². The van der Waals surface area contributed by atoms with Gasteiger partial charge in [-0.2, -0.15) is 5.26 Å². The standard InChI is InChI=1S/C14H17N3OS/c1-10-5-4-6-11(7-10)16-13(18)17-12(8-15)9-19-14(17,2)3/h4-7,12H,9H2,1-3H3,(H,16,18). The molecule has 1 N–H and O–H groups in total. The average Bonchev–Trinajstić information content (AvgIpc) is 2.64. The summed E-state index contributed by atoms with van der Waals surface area (Å²) in [5.41, 5.74) is 1.85. The highest BCUT2D eigenvalue weighted by Gasteiger charge is 2.43. The first kappa shape index (κ1) is 13.8. The number of nitrogens with zero attached hydrogens (tertiary/aromatic N) is 2. The summed E-state index contributed by atoms with van der Waals surface area (Å²) in [4.78, 5) is 13.6. The molecule has 1 fully saturated rings. The molecule has 0 aromatic heterocycles. The van der Waals surface area contributed by atoms with Crippen LogP contribution in [-0.4, -0.2) is 27.6 Å². The van der Waals surface area contributed by atoms with Gasteiger partial charge in [0, 0.05) is 11.4 Å². The van der Waals surface area contributed by atoms with Crippen LogP contribution in [0.4, 0.5) is 10.5 Å². The van der Waals surface area contributed by atoms with Gasteiger partial charge in [0.15, 0.2) is 0 Å². The van der Waals surface area contributed by atoms with Crippen LogP contribution in [0.3, 0.4) is 0 Å². The number of benzene rings is 1. The van der Waals surface area contributed by atoms with E-state index in [1.54, 1.807) is 16.7 Å². The van der Waals surface area contributed by atoms with Crippen molar-refractivity contribution in [2.45, 2.75) is 31.7 Å². The van der Waals surface area contributed by atoms with E-state index in [1.807, 2.05) is 45.0 Å². The fourth-order valence-electron chi connectivity index (χ4n) is 2.19. The second kappa shape index (κ2) is 5.14. The van der Waals surface area contributed by atoms with Crippen molar-refractivity contribution >= 4 is 23.5 Å². The summed E-state index contributed by atoms with van der Waals surface area (Å²) in [6, 6.07) is 9.24. The van der Waals surface area contributed by atoms with Crippen LogP contribution in [0.5, 0.6) is 0 Å². The van der Waals surface area contributed by atoms with Gasteiger partial charge >= 0.3 is 6.03 Å². The molecule has 1 unspecified atom stereocenters. The van der Waals surface area contributed by atoms with E-state index >= 15 is 0 Å². The zero-order chi connectivity index (χ0) is 14.0. The van der Waals surface area contributed by atoms with E-state index in [1.165, 1.54) is 0 Å². The van der Waals surface area contributed by atoms with Crippen LogP contribution in [-0.2, 0) is 0 Å². The molecule has 19 heavy (non-hydrogen) atoms. The van der Waals surface area contributed by atoms with Gasteiger partial charge in [0.2, 0.25) is 0 Å². The van der Waals surface area contributed by atoms with Crippen molar-refractivity contribution in [1.82, 2.24) is 4.90 Å². The van der Waals surface area contributed by atoms with Gasteiger partial charge in [-0.15, -0.1) is 11.8 Å². The maximum absolute atomic E-state index is 12.4.